The van der Waals surface area contributed by atoms with E-state index in [0.29, 0.717) is 35.7 Å². The molecule has 2 fully saturated rings. The summed E-state index contributed by atoms with van der Waals surface area (Å²) in [5.41, 5.74) is 0.455. The molecule has 0 saturated carbocycles. The Balaban J connectivity index is 1.58. The van der Waals surface area contributed by atoms with Crippen LogP contribution >= 0.6 is 23.5 Å². The Labute approximate surface area is 192 Å². The van der Waals surface area contributed by atoms with Gasteiger partial charge in [0.05, 0.1) is 16.7 Å². The third-order valence-electron chi connectivity index (χ3n) is 5.54. The number of carbonyl (C=O) groups excluding carboxylic acids is 3. The van der Waals surface area contributed by atoms with E-state index in [-0.39, 0.29) is 16.5 Å². The number of rotatable bonds is 6. The third-order valence-corrected chi connectivity index (χ3v) is 8.97. The quantitative estimate of drug-likeness (QED) is 0.612. The zero-order chi connectivity index (χ0) is 22.7. The summed E-state index contributed by atoms with van der Waals surface area (Å²) >= 11 is 3.46. The van der Waals surface area contributed by atoms with Crippen LogP contribution in [0, 0.1) is 17.1 Å². The van der Waals surface area contributed by atoms with Crippen molar-refractivity contribution in [2.75, 3.05) is 24.6 Å². The van der Waals surface area contributed by atoms with E-state index in [1.807, 2.05) is 0 Å². The Morgan fingerprint density at radius 3 is 2.88 bits per heavy atom. The van der Waals surface area contributed by atoms with Crippen molar-refractivity contribution >= 4 is 52.5 Å². The summed E-state index contributed by atoms with van der Waals surface area (Å²) in [5, 5.41) is 16.0. The number of nitrogens with one attached hydrogen (secondary N) is 2. The minimum absolute atomic E-state index is 0.195. The number of amides is 3. The molecule has 1 aromatic carbocycles. The monoisotopic (exact) mass is 473 g/mol. The lowest BCUT2D eigenvalue weighted by Crippen LogP contribution is -2.49. The van der Waals surface area contributed by atoms with Crippen LogP contribution in [0.1, 0.15) is 18.0 Å². The number of thioether (sulfide) groups is 2. The van der Waals surface area contributed by atoms with Gasteiger partial charge < -0.3 is 15.5 Å². The largest absolute Gasteiger partial charge is 0.350 e. The van der Waals surface area contributed by atoms with Crippen LogP contribution in [0.2, 0.25) is 0 Å². The van der Waals surface area contributed by atoms with Crippen LogP contribution in [-0.4, -0.2) is 62.8 Å². The van der Waals surface area contributed by atoms with Crippen LogP contribution < -0.4 is 10.6 Å². The lowest BCUT2D eigenvalue weighted by Gasteiger charge is -2.25. The first-order valence-electron chi connectivity index (χ1n) is 9.94. The van der Waals surface area contributed by atoms with Crippen LogP contribution in [0.5, 0.6) is 0 Å². The fourth-order valence-corrected chi connectivity index (χ4v) is 7.35. The fraction of sp³-hybridized carbons (Fsp3) is 0.381. The van der Waals surface area contributed by atoms with E-state index in [4.69, 9.17) is 0 Å². The molecule has 0 aliphatic carbocycles. The normalized spacial score (nSPS) is 20.1. The molecule has 32 heavy (non-hydrogen) atoms. The molecular weight excluding hydrogens is 453 g/mol. The number of hydrogen-bond donors (Lipinski definition) is 2. The Kier molecular flexibility index (Phi) is 6.53. The van der Waals surface area contributed by atoms with Gasteiger partial charge >= 0.3 is 0 Å². The third kappa shape index (κ3) is 4.38. The topological polar surface area (TPSA) is 115 Å². The standard InChI is InChI=1S/C21H20FN5O3S2/c22-14-1-2-15-13(5-14)8-24-9-16(15)17(7-23)26-20(30)18-6-21(31-3-4-32-21)11-27(18)19(29)10-25-12-28/h1-2,5,8-9,12,17-18H,3-4,6,10-11H2,(H,25,28)(H,26,30). The first-order chi connectivity index (χ1) is 15.5. The van der Waals surface area contributed by atoms with Gasteiger partial charge in [-0.25, -0.2) is 4.39 Å². The lowest BCUT2D eigenvalue weighted by atomic mass is 10.0. The summed E-state index contributed by atoms with van der Waals surface area (Å²) in [6, 6.07) is 4.46. The highest BCUT2D eigenvalue weighted by molar-refractivity contribution is 8.21. The number of pyridine rings is 1. The van der Waals surface area contributed by atoms with Crippen molar-refractivity contribution in [3.63, 3.8) is 0 Å². The van der Waals surface area contributed by atoms with Crippen LogP contribution in [0.3, 0.4) is 0 Å². The number of hydrogen-bond acceptors (Lipinski definition) is 7. The van der Waals surface area contributed by atoms with Gasteiger partial charge in [0.15, 0.2) is 0 Å². The van der Waals surface area contributed by atoms with E-state index in [9.17, 15) is 24.0 Å². The van der Waals surface area contributed by atoms with Gasteiger partial charge in [-0.2, -0.15) is 5.26 Å². The van der Waals surface area contributed by atoms with E-state index in [1.165, 1.54) is 29.4 Å². The summed E-state index contributed by atoms with van der Waals surface area (Å²) in [6.07, 6.45) is 3.87. The van der Waals surface area contributed by atoms with Crippen LogP contribution in [0.4, 0.5) is 4.39 Å². The van der Waals surface area contributed by atoms with Gasteiger partial charge in [-0.15, -0.1) is 23.5 Å². The van der Waals surface area contributed by atoms with E-state index in [1.54, 1.807) is 29.6 Å². The molecule has 4 rings (SSSR count). The number of benzene rings is 1. The van der Waals surface area contributed by atoms with Crippen molar-refractivity contribution in [1.82, 2.24) is 20.5 Å². The maximum absolute atomic E-state index is 13.6. The Hall–Kier alpha value is -2.84. The van der Waals surface area contributed by atoms with E-state index >= 15 is 0 Å². The molecule has 2 unspecified atom stereocenters. The minimum atomic E-state index is -1.02. The van der Waals surface area contributed by atoms with Crippen molar-refractivity contribution in [2.45, 2.75) is 22.6 Å². The predicted octanol–water partition coefficient (Wildman–Crippen LogP) is 1.58. The number of likely N-dealkylation sites (tertiary alicyclic amines) is 1. The van der Waals surface area contributed by atoms with E-state index < -0.39 is 23.8 Å². The molecule has 8 nitrogen and oxygen atoms in total. The molecular formula is C21H20FN5O3S2. The molecule has 11 heteroatoms. The minimum Gasteiger partial charge on any atom is -0.350 e. The Morgan fingerprint density at radius 1 is 1.38 bits per heavy atom. The fourth-order valence-electron chi connectivity index (χ4n) is 4.09. The van der Waals surface area contributed by atoms with Gasteiger partial charge in [0.2, 0.25) is 18.2 Å². The van der Waals surface area contributed by atoms with Gasteiger partial charge in [-0.1, -0.05) is 6.07 Å². The van der Waals surface area contributed by atoms with Gasteiger partial charge in [0.25, 0.3) is 0 Å². The van der Waals surface area contributed by atoms with Gasteiger partial charge in [0, 0.05) is 47.8 Å². The van der Waals surface area contributed by atoms with Crippen LogP contribution in [-0.2, 0) is 14.4 Å². The molecule has 2 aliphatic rings. The zero-order valence-corrected chi connectivity index (χ0v) is 18.5. The maximum atomic E-state index is 13.6. The molecule has 0 bridgehead atoms. The maximum Gasteiger partial charge on any atom is 0.244 e. The molecule has 1 spiro atoms. The summed E-state index contributed by atoms with van der Waals surface area (Å²) < 4.78 is 13.3. The lowest BCUT2D eigenvalue weighted by molar-refractivity contribution is -0.138. The number of nitriles is 1. The molecule has 3 amide bonds. The highest BCUT2D eigenvalue weighted by Crippen LogP contribution is 2.51. The highest BCUT2D eigenvalue weighted by Gasteiger charge is 2.51. The second kappa shape index (κ2) is 9.34. The zero-order valence-electron chi connectivity index (χ0n) is 16.9. The average molecular weight is 474 g/mol. The van der Waals surface area contributed by atoms with Crippen molar-refractivity contribution < 1.29 is 18.8 Å². The number of nitrogens with zero attached hydrogens (tertiary/aromatic N) is 3. The smallest absolute Gasteiger partial charge is 0.244 e. The predicted molar refractivity (Wildman–Crippen MR) is 120 cm³/mol. The van der Waals surface area contributed by atoms with Gasteiger partial charge in [-0.05, 0) is 17.5 Å². The second-order valence-corrected chi connectivity index (χ2v) is 10.7. The summed E-state index contributed by atoms with van der Waals surface area (Å²) in [6.45, 7) is 0.200. The van der Waals surface area contributed by atoms with E-state index in [2.05, 4.69) is 21.7 Å². The van der Waals surface area contributed by atoms with Gasteiger partial charge in [0.1, 0.15) is 17.9 Å². The number of fused-ring (bicyclic) bond motifs is 1. The highest BCUT2D eigenvalue weighted by atomic mass is 32.2. The van der Waals surface area contributed by atoms with Crippen LogP contribution in [0.15, 0.2) is 30.6 Å². The molecule has 3 heterocycles. The average Bonchev–Trinajstić information content (AvgIpc) is 3.42. The molecule has 2 aliphatic heterocycles. The molecule has 2 aromatic rings. The second-order valence-electron chi connectivity index (χ2n) is 7.51. The number of carbonyl (C=O) groups is 3. The SMILES string of the molecule is N#CC(NC(=O)C1CC2(CN1C(=O)CNC=O)SCCS2)c1cncc2cc(F)ccc12. The number of aromatic nitrogens is 1. The molecule has 2 saturated heterocycles. The van der Waals surface area contributed by atoms with Crippen LogP contribution in [0.25, 0.3) is 10.8 Å². The number of halogens is 1. The summed E-state index contributed by atoms with van der Waals surface area (Å²) in [7, 11) is 0. The van der Waals surface area contributed by atoms with Crippen molar-refractivity contribution in [3.05, 3.63) is 42.0 Å². The first-order valence-corrected chi connectivity index (χ1v) is 11.9. The van der Waals surface area contributed by atoms with E-state index in [0.717, 1.165) is 11.5 Å². The first kappa shape index (κ1) is 22.4. The molecule has 1 aromatic heterocycles. The van der Waals surface area contributed by atoms with Crippen molar-refractivity contribution in [2.24, 2.45) is 0 Å². The van der Waals surface area contributed by atoms with Crippen molar-refractivity contribution in [3.8, 4) is 6.07 Å². The van der Waals surface area contributed by atoms with Crippen molar-refractivity contribution in [1.29, 1.82) is 5.26 Å². The Bertz CT molecular complexity index is 1100. The molecule has 2 N–H and O–H groups in total. The Morgan fingerprint density at radius 2 is 2.16 bits per heavy atom. The molecule has 0 radical (unpaired) electrons. The molecule has 2 atom stereocenters. The summed E-state index contributed by atoms with van der Waals surface area (Å²) in [5.74, 6) is 0.660. The van der Waals surface area contributed by atoms with Gasteiger partial charge in [-0.3, -0.25) is 19.4 Å². The molecule has 166 valence electrons. The summed E-state index contributed by atoms with van der Waals surface area (Å²) in [4.78, 5) is 42.1.